The molecule has 1 aromatic heterocycles. The fourth-order valence-corrected chi connectivity index (χ4v) is 2.89. The number of thiazole rings is 1. The van der Waals surface area contributed by atoms with Gasteiger partial charge < -0.3 is 5.32 Å². The predicted molar refractivity (Wildman–Crippen MR) is 78.7 cm³/mol. The Morgan fingerprint density at radius 1 is 1.33 bits per heavy atom. The number of benzene rings is 1. The Morgan fingerprint density at radius 2 is 2.17 bits per heavy atom. The van der Waals surface area contributed by atoms with E-state index in [9.17, 15) is 0 Å². The van der Waals surface area contributed by atoms with Gasteiger partial charge in [0.15, 0.2) is 0 Å². The summed E-state index contributed by atoms with van der Waals surface area (Å²) in [4.78, 5) is 5.51. The van der Waals surface area contributed by atoms with Crippen molar-refractivity contribution in [1.82, 2.24) is 10.3 Å². The number of aromatic nitrogens is 1. The molecule has 1 aromatic carbocycles. The molecule has 0 amide bonds. The molecule has 0 radical (unpaired) electrons. The molecule has 5 heteroatoms. The third-order valence-electron chi connectivity index (χ3n) is 2.72. The molecule has 2 rings (SSSR count). The quantitative estimate of drug-likeness (QED) is 0.841. The van der Waals surface area contributed by atoms with Crippen molar-refractivity contribution in [3.63, 3.8) is 0 Å². The number of rotatable bonds is 5. The van der Waals surface area contributed by atoms with E-state index in [4.69, 9.17) is 23.2 Å². The van der Waals surface area contributed by atoms with Crippen LogP contribution in [-0.2, 0) is 13.0 Å². The second-order valence-corrected chi connectivity index (χ2v) is 5.81. The van der Waals surface area contributed by atoms with Crippen molar-refractivity contribution >= 4 is 34.5 Å². The molecule has 0 aliphatic carbocycles. The van der Waals surface area contributed by atoms with Gasteiger partial charge in [0.25, 0.3) is 0 Å². The van der Waals surface area contributed by atoms with Gasteiger partial charge in [0.1, 0.15) is 0 Å². The Hall–Kier alpha value is -0.610. The summed E-state index contributed by atoms with van der Waals surface area (Å²) in [6.07, 6.45) is 0.897. The van der Waals surface area contributed by atoms with Crippen LogP contribution in [0.15, 0.2) is 23.7 Å². The minimum absolute atomic E-state index is 0.678. The van der Waals surface area contributed by atoms with Crippen LogP contribution in [0.2, 0.25) is 10.0 Å². The topological polar surface area (TPSA) is 24.9 Å². The molecule has 0 aliphatic heterocycles. The molecule has 1 N–H and O–H groups in total. The van der Waals surface area contributed by atoms with Crippen molar-refractivity contribution in [1.29, 1.82) is 0 Å². The highest BCUT2D eigenvalue weighted by Gasteiger charge is 2.03. The Morgan fingerprint density at radius 3 is 2.83 bits per heavy atom. The molecule has 18 heavy (non-hydrogen) atoms. The molecule has 0 spiro atoms. The van der Waals surface area contributed by atoms with Crippen molar-refractivity contribution in [2.45, 2.75) is 19.9 Å². The zero-order chi connectivity index (χ0) is 13.0. The minimum Gasteiger partial charge on any atom is -0.311 e. The van der Waals surface area contributed by atoms with E-state index in [0.29, 0.717) is 5.02 Å². The smallest absolute Gasteiger partial charge is 0.0798 e. The maximum Gasteiger partial charge on any atom is 0.0798 e. The molecule has 2 nitrogen and oxygen atoms in total. The van der Waals surface area contributed by atoms with Crippen LogP contribution in [0.25, 0.3) is 0 Å². The van der Waals surface area contributed by atoms with Crippen LogP contribution in [0, 0.1) is 6.92 Å². The van der Waals surface area contributed by atoms with Gasteiger partial charge >= 0.3 is 0 Å². The second-order valence-electron chi connectivity index (χ2n) is 4.02. The molecule has 0 saturated heterocycles. The average Bonchev–Trinajstić information content (AvgIpc) is 2.73. The first-order valence-electron chi connectivity index (χ1n) is 5.70. The summed E-state index contributed by atoms with van der Waals surface area (Å²) in [7, 11) is 0. The maximum atomic E-state index is 6.11. The molecule has 0 bridgehead atoms. The summed E-state index contributed by atoms with van der Waals surface area (Å²) in [5.41, 5.74) is 4.11. The average molecular weight is 301 g/mol. The van der Waals surface area contributed by atoms with Gasteiger partial charge in [-0.25, -0.2) is 4.98 Å². The highest BCUT2D eigenvalue weighted by atomic mass is 35.5. The number of halogens is 2. The Bertz CT molecular complexity index is 525. The monoisotopic (exact) mass is 300 g/mol. The van der Waals surface area contributed by atoms with Crippen molar-refractivity contribution < 1.29 is 0 Å². The molecule has 0 atom stereocenters. The molecule has 1 heterocycles. The zero-order valence-corrected chi connectivity index (χ0v) is 12.4. The lowest BCUT2D eigenvalue weighted by Gasteiger charge is -2.06. The first-order chi connectivity index (χ1) is 8.66. The molecular formula is C13H14Cl2N2S. The van der Waals surface area contributed by atoms with E-state index in [-0.39, 0.29) is 0 Å². The number of nitrogens with one attached hydrogen (secondary N) is 1. The predicted octanol–water partition coefficient (Wildman–Crippen LogP) is 4.09. The lowest BCUT2D eigenvalue weighted by Crippen LogP contribution is -2.16. The number of hydrogen-bond acceptors (Lipinski definition) is 3. The summed E-state index contributed by atoms with van der Waals surface area (Å²) in [5, 5.41) is 4.81. The van der Waals surface area contributed by atoms with Gasteiger partial charge in [0.05, 0.1) is 11.2 Å². The summed E-state index contributed by atoms with van der Waals surface area (Å²) in [5.74, 6) is 0. The van der Waals surface area contributed by atoms with E-state index in [1.807, 2.05) is 24.6 Å². The first kappa shape index (κ1) is 13.8. The minimum atomic E-state index is 0.678. The van der Waals surface area contributed by atoms with E-state index >= 15 is 0 Å². The van der Waals surface area contributed by atoms with Crippen molar-refractivity contribution in [2.24, 2.45) is 0 Å². The molecule has 0 aliphatic rings. The largest absolute Gasteiger partial charge is 0.311 e. The van der Waals surface area contributed by atoms with Gasteiger partial charge in [0.2, 0.25) is 0 Å². The fourth-order valence-electron chi connectivity index (χ4n) is 1.65. The summed E-state index contributed by atoms with van der Waals surface area (Å²) < 4.78 is 0. The van der Waals surface area contributed by atoms with Crippen molar-refractivity contribution in [3.05, 3.63) is 49.9 Å². The SMILES string of the molecule is Cc1ncsc1CNCCc1ccc(Cl)cc1Cl. The Balaban J connectivity index is 1.80. The third kappa shape index (κ3) is 3.69. The van der Waals surface area contributed by atoms with Gasteiger partial charge in [-0.1, -0.05) is 29.3 Å². The number of nitrogens with zero attached hydrogens (tertiary/aromatic N) is 1. The molecule has 0 unspecified atom stereocenters. The number of hydrogen-bond donors (Lipinski definition) is 1. The third-order valence-corrected chi connectivity index (χ3v) is 4.24. The van der Waals surface area contributed by atoms with Crippen LogP contribution < -0.4 is 5.32 Å². The van der Waals surface area contributed by atoms with Gasteiger partial charge in [-0.2, -0.15) is 0 Å². The van der Waals surface area contributed by atoms with Crippen LogP contribution >= 0.6 is 34.5 Å². The summed E-state index contributed by atoms with van der Waals surface area (Å²) in [6, 6.07) is 5.63. The van der Waals surface area contributed by atoms with E-state index in [1.54, 1.807) is 17.4 Å². The normalized spacial score (nSPS) is 10.8. The zero-order valence-electron chi connectivity index (χ0n) is 10.0. The van der Waals surface area contributed by atoms with E-state index in [0.717, 1.165) is 35.8 Å². The maximum absolute atomic E-state index is 6.11. The van der Waals surface area contributed by atoms with Crippen LogP contribution in [0.4, 0.5) is 0 Å². The van der Waals surface area contributed by atoms with Crippen LogP contribution in [-0.4, -0.2) is 11.5 Å². The van der Waals surface area contributed by atoms with Crippen LogP contribution in [0.3, 0.4) is 0 Å². The van der Waals surface area contributed by atoms with Crippen molar-refractivity contribution in [3.8, 4) is 0 Å². The Kier molecular flexibility index (Phi) is 5.01. The molecule has 0 saturated carbocycles. The second kappa shape index (κ2) is 6.53. The lowest BCUT2D eigenvalue weighted by atomic mass is 10.1. The first-order valence-corrected chi connectivity index (χ1v) is 7.34. The van der Waals surface area contributed by atoms with E-state index < -0.39 is 0 Å². The number of aryl methyl sites for hydroxylation is 1. The van der Waals surface area contributed by atoms with Crippen LogP contribution in [0.1, 0.15) is 16.1 Å². The van der Waals surface area contributed by atoms with Gasteiger partial charge in [-0.3, -0.25) is 0 Å². The summed E-state index contributed by atoms with van der Waals surface area (Å²) in [6.45, 7) is 3.78. The van der Waals surface area contributed by atoms with Gasteiger partial charge in [-0.05, 0) is 37.6 Å². The summed E-state index contributed by atoms with van der Waals surface area (Å²) >= 11 is 13.7. The van der Waals surface area contributed by atoms with E-state index in [1.165, 1.54) is 4.88 Å². The highest BCUT2D eigenvalue weighted by Crippen LogP contribution is 2.21. The standard InChI is InChI=1S/C13H14Cl2N2S/c1-9-13(18-8-17-9)7-16-5-4-10-2-3-11(14)6-12(10)15/h2-3,6,8,16H,4-5,7H2,1H3. The Labute approximate surface area is 121 Å². The lowest BCUT2D eigenvalue weighted by molar-refractivity contribution is 0.690. The fraction of sp³-hybridized carbons (Fsp3) is 0.308. The van der Waals surface area contributed by atoms with Crippen molar-refractivity contribution in [2.75, 3.05) is 6.54 Å². The molecule has 2 aromatic rings. The van der Waals surface area contributed by atoms with Crippen LogP contribution in [0.5, 0.6) is 0 Å². The highest BCUT2D eigenvalue weighted by molar-refractivity contribution is 7.09. The van der Waals surface area contributed by atoms with E-state index in [2.05, 4.69) is 10.3 Å². The molecular weight excluding hydrogens is 287 g/mol. The van der Waals surface area contributed by atoms with Gasteiger partial charge in [-0.15, -0.1) is 11.3 Å². The molecule has 0 fully saturated rings. The van der Waals surface area contributed by atoms with Gasteiger partial charge in [0, 0.05) is 21.5 Å². The molecule has 96 valence electrons.